The Morgan fingerprint density at radius 2 is 1.92 bits per heavy atom. The second kappa shape index (κ2) is 7.09. The lowest BCUT2D eigenvalue weighted by Gasteiger charge is -2.22. The van der Waals surface area contributed by atoms with Crippen LogP contribution in [-0.4, -0.2) is 29.0 Å². The molecule has 0 unspecified atom stereocenters. The van der Waals surface area contributed by atoms with E-state index >= 15 is 0 Å². The molecule has 0 N–H and O–H groups in total. The monoisotopic (exact) mass is 363 g/mol. The van der Waals surface area contributed by atoms with E-state index in [1.165, 1.54) is 17.7 Å². The maximum atomic E-state index is 12.8. The first-order chi connectivity index (χ1) is 12.8. The molecule has 0 aliphatic carbocycles. The van der Waals surface area contributed by atoms with E-state index in [0.717, 1.165) is 26.7 Å². The molecular formula is C20H17N3O2S. The van der Waals surface area contributed by atoms with E-state index in [0.29, 0.717) is 12.4 Å². The van der Waals surface area contributed by atoms with Crippen LogP contribution in [0.1, 0.15) is 6.92 Å². The van der Waals surface area contributed by atoms with Crippen LogP contribution in [0.5, 0.6) is 5.88 Å². The molecule has 0 aliphatic rings. The van der Waals surface area contributed by atoms with Crippen LogP contribution in [0.25, 0.3) is 21.0 Å². The quantitative estimate of drug-likeness (QED) is 0.531. The molecule has 2 heterocycles. The summed E-state index contributed by atoms with van der Waals surface area (Å²) in [4.78, 5) is 23.8. The molecule has 1 amide bonds. The van der Waals surface area contributed by atoms with Gasteiger partial charge in [-0.1, -0.05) is 36.4 Å². The predicted octanol–water partition coefficient (Wildman–Crippen LogP) is 4.28. The number of likely N-dealkylation sites (N-methyl/N-ethyl adjacent to an activating group) is 1. The van der Waals surface area contributed by atoms with Crippen LogP contribution in [0.3, 0.4) is 0 Å². The average Bonchev–Trinajstić information content (AvgIpc) is 3.16. The van der Waals surface area contributed by atoms with Crippen molar-refractivity contribution in [3.8, 4) is 5.88 Å². The molecule has 0 saturated carbocycles. The third-order valence-electron chi connectivity index (χ3n) is 4.23. The summed E-state index contributed by atoms with van der Waals surface area (Å²) >= 11 is 1.52. The van der Waals surface area contributed by atoms with Crippen LogP contribution in [0, 0.1) is 0 Å². The van der Waals surface area contributed by atoms with Crippen molar-refractivity contribution in [2.45, 2.75) is 6.92 Å². The van der Waals surface area contributed by atoms with Crippen LogP contribution >= 0.6 is 11.3 Å². The number of hydrogen-bond acceptors (Lipinski definition) is 5. The van der Waals surface area contributed by atoms with Crippen molar-refractivity contribution < 1.29 is 9.53 Å². The van der Waals surface area contributed by atoms with Crippen LogP contribution < -0.4 is 9.64 Å². The highest BCUT2D eigenvalue weighted by molar-refractivity contribution is 7.16. The van der Waals surface area contributed by atoms with E-state index in [2.05, 4.69) is 9.97 Å². The van der Waals surface area contributed by atoms with Crippen molar-refractivity contribution >= 4 is 43.9 Å². The molecule has 26 heavy (non-hydrogen) atoms. The van der Waals surface area contributed by atoms with Crippen LogP contribution in [0.15, 0.2) is 60.2 Å². The third kappa shape index (κ3) is 2.99. The highest BCUT2D eigenvalue weighted by atomic mass is 32.1. The van der Waals surface area contributed by atoms with Gasteiger partial charge in [-0.15, -0.1) is 11.3 Å². The number of amides is 1. The Hall–Kier alpha value is -2.99. The number of benzene rings is 2. The van der Waals surface area contributed by atoms with E-state index in [1.807, 2.05) is 60.8 Å². The molecule has 0 spiro atoms. The number of rotatable bonds is 5. The summed E-state index contributed by atoms with van der Waals surface area (Å²) < 4.78 is 5.72. The molecular weight excluding hydrogens is 346 g/mol. The smallest absolute Gasteiger partial charge is 0.264 e. The minimum atomic E-state index is -0.106. The van der Waals surface area contributed by atoms with Crippen molar-refractivity contribution in [2.75, 3.05) is 18.1 Å². The molecule has 2 aromatic heterocycles. The van der Waals surface area contributed by atoms with Crippen LogP contribution in [-0.2, 0) is 4.79 Å². The fraction of sp³-hybridized carbons (Fsp3) is 0.150. The van der Waals surface area contributed by atoms with Crippen molar-refractivity contribution in [1.82, 2.24) is 9.97 Å². The second-order valence-corrected chi connectivity index (χ2v) is 6.64. The van der Waals surface area contributed by atoms with Crippen LogP contribution in [0.2, 0.25) is 0 Å². The number of thiophene rings is 1. The number of hydrogen-bond donors (Lipinski definition) is 0. The van der Waals surface area contributed by atoms with E-state index < -0.39 is 0 Å². The Morgan fingerprint density at radius 1 is 1.08 bits per heavy atom. The van der Waals surface area contributed by atoms with Gasteiger partial charge in [-0.2, -0.15) is 0 Å². The summed E-state index contributed by atoms with van der Waals surface area (Å²) in [5.74, 6) is 0.337. The second-order valence-electron chi connectivity index (χ2n) is 5.74. The molecule has 2 aromatic carbocycles. The van der Waals surface area contributed by atoms with Crippen LogP contribution in [0.4, 0.5) is 5.69 Å². The Morgan fingerprint density at radius 3 is 2.81 bits per heavy atom. The van der Waals surface area contributed by atoms with Crippen molar-refractivity contribution in [3.63, 3.8) is 0 Å². The maximum absolute atomic E-state index is 12.8. The summed E-state index contributed by atoms with van der Waals surface area (Å²) in [7, 11) is 0. The summed E-state index contributed by atoms with van der Waals surface area (Å²) in [5.41, 5.74) is 0.891. The summed E-state index contributed by atoms with van der Waals surface area (Å²) in [6, 6.07) is 15.9. The number of fused-ring (bicyclic) bond motifs is 2. The van der Waals surface area contributed by atoms with Crippen molar-refractivity contribution in [3.05, 3.63) is 60.2 Å². The van der Waals surface area contributed by atoms with E-state index in [4.69, 9.17) is 4.74 Å². The van der Waals surface area contributed by atoms with Gasteiger partial charge in [0.05, 0.1) is 11.1 Å². The SMILES string of the molecule is CCN(C(=O)COc1ncnc2sccc12)c1cccc2ccccc12. The standard InChI is InChI=1S/C20H17N3O2S/c1-2-23(17-9-5-7-14-6-3-4-8-15(14)17)18(24)12-25-19-16-10-11-26-20(16)22-13-21-19/h3-11,13H,2,12H2,1H3. The fourth-order valence-corrected chi connectivity index (χ4v) is 3.74. The Balaban J connectivity index is 1.58. The van der Waals surface area contributed by atoms with E-state index in [1.54, 1.807) is 4.90 Å². The first-order valence-electron chi connectivity index (χ1n) is 8.37. The molecule has 130 valence electrons. The Labute approximate surface area is 154 Å². The zero-order chi connectivity index (χ0) is 17.9. The van der Waals surface area contributed by atoms with Gasteiger partial charge in [-0.25, -0.2) is 9.97 Å². The normalized spacial score (nSPS) is 11.0. The topological polar surface area (TPSA) is 55.3 Å². The average molecular weight is 363 g/mol. The van der Waals surface area contributed by atoms with Gasteiger partial charge in [-0.05, 0) is 29.8 Å². The Kier molecular flexibility index (Phi) is 4.50. The molecule has 6 heteroatoms. The fourth-order valence-electron chi connectivity index (χ4n) is 3.02. The van der Waals surface area contributed by atoms with Crippen molar-refractivity contribution in [1.29, 1.82) is 0 Å². The largest absolute Gasteiger partial charge is 0.467 e. The maximum Gasteiger partial charge on any atom is 0.264 e. The van der Waals surface area contributed by atoms with Gasteiger partial charge in [0, 0.05) is 11.9 Å². The number of carbonyl (C=O) groups is 1. The number of nitrogens with zero attached hydrogens (tertiary/aromatic N) is 3. The minimum Gasteiger partial charge on any atom is -0.467 e. The highest BCUT2D eigenvalue weighted by Gasteiger charge is 2.18. The molecule has 0 bridgehead atoms. The van der Waals surface area contributed by atoms with Gasteiger partial charge < -0.3 is 9.64 Å². The van der Waals surface area contributed by atoms with Gasteiger partial charge in [0.15, 0.2) is 6.61 Å². The number of carbonyl (C=O) groups excluding carboxylic acids is 1. The molecule has 4 aromatic rings. The molecule has 0 aliphatic heterocycles. The minimum absolute atomic E-state index is 0.0704. The molecule has 0 saturated heterocycles. The summed E-state index contributed by atoms with van der Waals surface area (Å²) in [5, 5.41) is 4.92. The summed E-state index contributed by atoms with van der Waals surface area (Å²) in [6.07, 6.45) is 1.46. The first-order valence-corrected chi connectivity index (χ1v) is 9.25. The molecule has 0 atom stereocenters. The van der Waals surface area contributed by atoms with Gasteiger partial charge in [0.25, 0.3) is 5.91 Å². The predicted molar refractivity (Wildman–Crippen MR) is 105 cm³/mol. The molecule has 0 radical (unpaired) electrons. The highest BCUT2D eigenvalue weighted by Crippen LogP contribution is 2.28. The van der Waals surface area contributed by atoms with Gasteiger partial charge in [0.1, 0.15) is 11.2 Å². The van der Waals surface area contributed by atoms with E-state index in [-0.39, 0.29) is 12.5 Å². The van der Waals surface area contributed by atoms with Gasteiger partial charge in [-0.3, -0.25) is 4.79 Å². The number of aromatic nitrogens is 2. The van der Waals surface area contributed by atoms with Gasteiger partial charge in [0.2, 0.25) is 5.88 Å². The lowest BCUT2D eigenvalue weighted by atomic mass is 10.1. The zero-order valence-corrected chi connectivity index (χ0v) is 15.1. The van der Waals surface area contributed by atoms with E-state index in [9.17, 15) is 4.79 Å². The molecule has 4 rings (SSSR count). The zero-order valence-electron chi connectivity index (χ0n) is 14.3. The molecule has 5 nitrogen and oxygen atoms in total. The lowest BCUT2D eigenvalue weighted by molar-refractivity contribution is -0.120. The molecule has 0 fully saturated rings. The lowest BCUT2D eigenvalue weighted by Crippen LogP contribution is -2.35. The summed E-state index contributed by atoms with van der Waals surface area (Å²) in [6.45, 7) is 2.45. The number of anilines is 1. The Bertz CT molecular complexity index is 1070. The van der Waals surface area contributed by atoms with Gasteiger partial charge >= 0.3 is 0 Å². The first kappa shape index (κ1) is 16.5. The third-order valence-corrected chi connectivity index (χ3v) is 5.05. The number of ether oxygens (including phenoxy) is 1. The van der Waals surface area contributed by atoms with Crippen molar-refractivity contribution in [2.24, 2.45) is 0 Å².